The zero-order valence-electron chi connectivity index (χ0n) is 4.66. The summed E-state index contributed by atoms with van der Waals surface area (Å²) in [4.78, 5) is 10.0. The van der Waals surface area contributed by atoms with Gasteiger partial charge in [-0.15, -0.1) is 0 Å². The molecular formula is C7H5O2. The Kier molecular flexibility index (Phi) is 1.49. The molecule has 0 aromatic heterocycles. The van der Waals surface area contributed by atoms with Gasteiger partial charge in [0.2, 0.25) is 0 Å². The Morgan fingerprint density at radius 1 is 1.67 bits per heavy atom. The normalized spacial score (nSPS) is 8.89. The Morgan fingerprint density at radius 3 is 2.89 bits per heavy atom. The van der Waals surface area contributed by atoms with Crippen LogP contribution in [0.2, 0.25) is 0 Å². The van der Waals surface area contributed by atoms with Gasteiger partial charge < -0.3 is 5.11 Å². The highest BCUT2D eigenvalue weighted by atomic mass is 16.3. The lowest BCUT2D eigenvalue weighted by Crippen LogP contribution is -1.75. The predicted octanol–water partition coefficient (Wildman–Crippen LogP) is 1.00. The maximum Gasteiger partial charge on any atom is 0.150 e. The van der Waals surface area contributed by atoms with E-state index in [-0.39, 0.29) is 5.75 Å². The van der Waals surface area contributed by atoms with Crippen LogP contribution in [0.25, 0.3) is 0 Å². The first kappa shape index (κ1) is 5.82. The van der Waals surface area contributed by atoms with Crippen LogP contribution in [0.4, 0.5) is 0 Å². The van der Waals surface area contributed by atoms with Crippen molar-refractivity contribution < 1.29 is 9.90 Å². The van der Waals surface area contributed by atoms with Gasteiger partial charge in [0.1, 0.15) is 12.0 Å². The van der Waals surface area contributed by atoms with Gasteiger partial charge in [-0.25, -0.2) is 0 Å². The average Bonchev–Trinajstić information content (AvgIpc) is 1.88. The fraction of sp³-hybridized carbons (Fsp3) is 0. The minimum atomic E-state index is -0.000370. The second-order valence-electron chi connectivity index (χ2n) is 1.63. The maximum atomic E-state index is 10.0. The van der Waals surface area contributed by atoms with E-state index in [1.165, 1.54) is 12.1 Å². The summed E-state index contributed by atoms with van der Waals surface area (Å²) in [7, 11) is 0. The second kappa shape index (κ2) is 2.31. The highest BCUT2D eigenvalue weighted by Crippen LogP contribution is 2.07. The van der Waals surface area contributed by atoms with Gasteiger partial charge in [-0.3, -0.25) is 4.79 Å². The standard InChI is InChI=1S/C7H5O2/c8-5-6-2-1-3-7(9)4-6/h1-2,4-5,9H. The number of carbonyl (C=O) groups excluding carboxylic acids is 1. The Bertz CT molecular complexity index is 218. The summed E-state index contributed by atoms with van der Waals surface area (Å²) in [6.07, 6.45) is 0.674. The van der Waals surface area contributed by atoms with Crippen molar-refractivity contribution >= 4 is 6.29 Å². The first-order chi connectivity index (χ1) is 4.33. The van der Waals surface area contributed by atoms with Crippen LogP contribution in [-0.2, 0) is 0 Å². The molecule has 0 atom stereocenters. The average molecular weight is 121 g/mol. The smallest absolute Gasteiger partial charge is 0.150 e. The number of benzene rings is 1. The van der Waals surface area contributed by atoms with Crippen molar-refractivity contribution in [3.63, 3.8) is 0 Å². The summed E-state index contributed by atoms with van der Waals surface area (Å²) in [6.45, 7) is 0. The van der Waals surface area contributed by atoms with E-state index in [9.17, 15) is 4.79 Å². The van der Waals surface area contributed by atoms with E-state index in [1.807, 2.05) is 0 Å². The number of carbonyl (C=O) groups is 1. The van der Waals surface area contributed by atoms with E-state index in [4.69, 9.17) is 5.11 Å². The molecule has 0 heterocycles. The molecule has 0 saturated heterocycles. The second-order valence-corrected chi connectivity index (χ2v) is 1.63. The van der Waals surface area contributed by atoms with Crippen molar-refractivity contribution in [2.45, 2.75) is 0 Å². The lowest BCUT2D eigenvalue weighted by atomic mass is 10.2. The van der Waals surface area contributed by atoms with E-state index in [1.54, 1.807) is 6.07 Å². The highest BCUT2D eigenvalue weighted by molar-refractivity contribution is 5.75. The van der Waals surface area contributed by atoms with Gasteiger partial charge in [0, 0.05) is 11.6 Å². The van der Waals surface area contributed by atoms with Crippen LogP contribution in [0.1, 0.15) is 10.4 Å². The van der Waals surface area contributed by atoms with Crippen molar-refractivity contribution in [1.29, 1.82) is 0 Å². The molecule has 0 aliphatic carbocycles. The summed E-state index contributed by atoms with van der Waals surface area (Å²) in [5, 5.41) is 8.73. The number of hydrogen-bond acceptors (Lipinski definition) is 2. The van der Waals surface area contributed by atoms with E-state index >= 15 is 0 Å². The Hall–Kier alpha value is -1.31. The topological polar surface area (TPSA) is 37.3 Å². The maximum absolute atomic E-state index is 10.0. The Labute approximate surface area is 52.8 Å². The lowest BCUT2D eigenvalue weighted by molar-refractivity contribution is 0.112. The molecule has 2 heteroatoms. The van der Waals surface area contributed by atoms with E-state index in [2.05, 4.69) is 6.07 Å². The van der Waals surface area contributed by atoms with Gasteiger partial charge in [-0.1, -0.05) is 6.07 Å². The molecule has 0 aliphatic rings. The zero-order chi connectivity index (χ0) is 6.69. The summed E-state index contributed by atoms with van der Waals surface area (Å²) >= 11 is 0. The largest absolute Gasteiger partial charge is 0.507 e. The zero-order valence-corrected chi connectivity index (χ0v) is 4.66. The first-order valence-corrected chi connectivity index (χ1v) is 2.49. The molecule has 0 bridgehead atoms. The fourth-order valence-electron chi connectivity index (χ4n) is 0.544. The minimum absolute atomic E-state index is 0.000370. The fourth-order valence-corrected chi connectivity index (χ4v) is 0.544. The number of aldehydes is 1. The molecular weight excluding hydrogens is 116 g/mol. The number of hydrogen-bond donors (Lipinski definition) is 1. The van der Waals surface area contributed by atoms with Crippen LogP contribution < -0.4 is 0 Å². The molecule has 1 N–H and O–H groups in total. The lowest BCUT2D eigenvalue weighted by Gasteiger charge is -1.88. The molecule has 1 aromatic carbocycles. The van der Waals surface area contributed by atoms with Crippen LogP contribution >= 0.6 is 0 Å². The van der Waals surface area contributed by atoms with Crippen LogP contribution in [0.3, 0.4) is 0 Å². The number of phenolic OH excluding ortho intramolecular Hbond substituents is 1. The van der Waals surface area contributed by atoms with Gasteiger partial charge in [0.15, 0.2) is 0 Å². The van der Waals surface area contributed by atoms with Crippen LogP contribution in [0.15, 0.2) is 18.2 Å². The van der Waals surface area contributed by atoms with E-state index in [0.29, 0.717) is 11.8 Å². The van der Waals surface area contributed by atoms with Crippen molar-refractivity contribution in [1.82, 2.24) is 0 Å². The van der Waals surface area contributed by atoms with Crippen LogP contribution in [0.5, 0.6) is 5.75 Å². The number of phenols is 1. The summed E-state index contributed by atoms with van der Waals surface area (Å²) < 4.78 is 0. The van der Waals surface area contributed by atoms with Crippen molar-refractivity contribution in [2.75, 3.05) is 0 Å². The molecule has 0 fully saturated rings. The minimum Gasteiger partial charge on any atom is -0.507 e. The van der Waals surface area contributed by atoms with Crippen molar-refractivity contribution in [3.8, 4) is 5.75 Å². The van der Waals surface area contributed by atoms with Gasteiger partial charge >= 0.3 is 0 Å². The molecule has 0 spiro atoms. The molecule has 9 heavy (non-hydrogen) atoms. The van der Waals surface area contributed by atoms with Crippen molar-refractivity contribution in [3.05, 3.63) is 29.8 Å². The SMILES string of the molecule is O=Cc1cc[c]c(O)c1. The third kappa shape index (κ3) is 1.29. The van der Waals surface area contributed by atoms with E-state index < -0.39 is 0 Å². The monoisotopic (exact) mass is 121 g/mol. The molecule has 1 rings (SSSR count). The van der Waals surface area contributed by atoms with Gasteiger partial charge in [-0.05, 0) is 12.1 Å². The van der Waals surface area contributed by atoms with Crippen LogP contribution in [0, 0.1) is 6.07 Å². The molecule has 1 aromatic rings. The Morgan fingerprint density at radius 2 is 2.44 bits per heavy atom. The molecule has 2 nitrogen and oxygen atoms in total. The summed E-state index contributed by atoms with van der Waals surface area (Å²) in [6, 6.07) is 6.93. The molecule has 45 valence electrons. The molecule has 0 saturated carbocycles. The van der Waals surface area contributed by atoms with E-state index in [0.717, 1.165) is 0 Å². The van der Waals surface area contributed by atoms with Gasteiger partial charge in [0.25, 0.3) is 0 Å². The summed E-state index contributed by atoms with van der Waals surface area (Å²) in [5.41, 5.74) is 0.464. The molecule has 0 amide bonds. The third-order valence-electron chi connectivity index (χ3n) is 0.946. The number of aromatic hydroxyl groups is 1. The van der Waals surface area contributed by atoms with Gasteiger partial charge in [0.05, 0.1) is 0 Å². The molecule has 0 aliphatic heterocycles. The third-order valence-corrected chi connectivity index (χ3v) is 0.946. The molecule has 0 unspecified atom stereocenters. The highest BCUT2D eigenvalue weighted by Gasteiger charge is 1.88. The predicted molar refractivity (Wildman–Crippen MR) is 32.3 cm³/mol. The van der Waals surface area contributed by atoms with Crippen LogP contribution in [-0.4, -0.2) is 11.4 Å². The van der Waals surface area contributed by atoms with Crippen molar-refractivity contribution in [2.24, 2.45) is 0 Å². The molecule has 1 radical (unpaired) electrons. The van der Waals surface area contributed by atoms with Gasteiger partial charge in [-0.2, -0.15) is 0 Å². The Balaban J connectivity index is 3.07. The number of rotatable bonds is 1. The first-order valence-electron chi connectivity index (χ1n) is 2.49. The quantitative estimate of drug-likeness (QED) is 0.563. The summed E-state index contributed by atoms with van der Waals surface area (Å²) in [5.74, 6) is -0.000370.